The lowest BCUT2D eigenvalue weighted by Crippen LogP contribution is -2.27. The van der Waals surface area contributed by atoms with Crippen LogP contribution in [-0.2, 0) is 22.7 Å². The van der Waals surface area contributed by atoms with Crippen LogP contribution in [0.1, 0.15) is 37.8 Å². The summed E-state index contributed by atoms with van der Waals surface area (Å²) in [4.78, 5) is 11.0. The first-order valence-corrected chi connectivity index (χ1v) is 6.23. The highest BCUT2D eigenvalue weighted by Crippen LogP contribution is 2.42. The number of methoxy groups -OCH3 is 1. The van der Waals surface area contributed by atoms with Gasteiger partial charge in [0.05, 0.1) is 19.2 Å². The molecule has 0 atom stereocenters. The van der Waals surface area contributed by atoms with Gasteiger partial charge in [-0.3, -0.25) is 9.48 Å². The Morgan fingerprint density at radius 1 is 1.56 bits per heavy atom. The molecule has 0 radical (unpaired) electrons. The smallest absolute Gasteiger partial charge is 0.303 e. The molecule has 1 aromatic rings. The van der Waals surface area contributed by atoms with E-state index in [1.165, 1.54) is 0 Å². The molecule has 0 bridgehead atoms. The van der Waals surface area contributed by atoms with Gasteiger partial charge in [-0.25, -0.2) is 0 Å². The van der Waals surface area contributed by atoms with Gasteiger partial charge in [0.25, 0.3) is 0 Å². The molecule has 6 heteroatoms. The Labute approximate surface area is 106 Å². The zero-order valence-corrected chi connectivity index (χ0v) is 10.6. The molecular weight excluding hydrogens is 234 g/mol. The molecule has 2 rings (SSSR count). The number of hydrogen-bond acceptors (Lipinski definition) is 4. The second-order valence-electron chi connectivity index (χ2n) is 5.12. The first-order chi connectivity index (χ1) is 8.63. The van der Waals surface area contributed by atoms with E-state index in [2.05, 4.69) is 10.3 Å². The van der Waals surface area contributed by atoms with Crippen molar-refractivity contribution in [1.82, 2.24) is 15.0 Å². The summed E-state index contributed by atoms with van der Waals surface area (Å²) >= 11 is 0. The summed E-state index contributed by atoms with van der Waals surface area (Å²) in [5.41, 5.74) is 0.630. The van der Waals surface area contributed by atoms with Crippen LogP contribution < -0.4 is 0 Å². The average molecular weight is 253 g/mol. The SMILES string of the molecule is COCc1cn(CC2(CC(=O)O)CCCC2)nn1. The molecular formula is C12H19N3O3. The fourth-order valence-electron chi connectivity index (χ4n) is 2.81. The van der Waals surface area contributed by atoms with Crippen LogP contribution in [0.4, 0.5) is 0 Å². The molecule has 1 aliphatic rings. The summed E-state index contributed by atoms with van der Waals surface area (Å²) in [6.07, 6.45) is 6.18. The van der Waals surface area contributed by atoms with Crippen molar-refractivity contribution in [3.8, 4) is 0 Å². The molecule has 0 aliphatic heterocycles. The number of nitrogens with zero attached hydrogens (tertiary/aromatic N) is 3. The van der Waals surface area contributed by atoms with Gasteiger partial charge < -0.3 is 9.84 Å². The van der Waals surface area contributed by atoms with Gasteiger partial charge in [0.2, 0.25) is 0 Å². The molecule has 0 spiro atoms. The fraction of sp³-hybridized carbons (Fsp3) is 0.750. The van der Waals surface area contributed by atoms with Crippen LogP contribution >= 0.6 is 0 Å². The van der Waals surface area contributed by atoms with E-state index in [0.717, 1.165) is 31.4 Å². The lowest BCUT2D eigenvalue weighted by Gasteiger charge is -2.26. The highest BCUT2D eigenvalue weighted by Gasteiger charge is 2.36. The number of carboxylic acid groups (broad SMARTS) is 1. The third-order valence-electron chi connectivity index (χ3n) is 3.57. The molecule has 18 heavy (non-hydrogen) atoms. The predicted octanol–water partition coefficient (Wildman–Crippen LogP) is 1.46. The number of rotatable bonds is 6. The summed E-state index contributed by atoms with van der Waals surface area (Å²) in [5, 5.41) is 17.1. The van der Waals surface area contributed by atoms with E-state index in [0.29, 0.717) is 13.2 Å². The van der Waals surface area contributed by atoms with Gasteiger partial charge in [-0.15, -0.1) is 5.10 Å². The van der Waals surface area contributed by atoms with E-state index in [9.17, 15) is 4.79 Å². The minimum Gasteiger partial charge on any atom is -0.481 e. The van der Waals surface area contributed by atoms with Gasteiger partial charge in [-0.05, 0) is 12.8 Å². The zero-order valence-electron chi connectivity index (χ0n) is 10.6. The Morgan fingerprint density at radius 2 is 2.28 bits per heavy atom. The molecule has 0 unspecified atom stereocenters. The van der Waals surface area contributed by atoms with Crippen LogP contribution in [0.3, 0.4) is 0 Å². The van der Waals surface area contributed by atoms with Crippen molar-refractivity contribution >= 4 is 5.97 Å². The van der Waals surface area contributed by atoms with Gasteiger partial charge in [-0.2, -0.15) is 0 Å². The zero-order chi connectivity index (χ0) is 13.0. The number of ether oxygens (including phenoxy) is 1. The van der Waals surface area contributed by atoms with Crippen molar-refractivity contribution in [3.63, 3.8) is 0 Å². The minimum atomic E-state index is -0.728. The summed E-state index contributed by atoms with van der Waals surface area (Å²) in [6.45, 7) is 1.07. The Balaban J connectivity index is 2.05. The molecule has 1 N–H and O–H groups in total. The Morgan fingerprint density at radius 3 is 2.89 bits per heavy atom. The normalized spacial score (nSPS) is 18.1. The maximum Gasteiger partial charge on any atom is 0.303 e. The summed E-state index contributed by atoms with van der Waals surface area (Å²) in [6, 6.07) is 0. The van der Waals surface area contributed by atoms with Crippen LogP contribution in [0, 0.1) is 5.41 Å². The van der Waals surface area contributed by atoms with Crippen molar-refractivity contribution in [2.45, 2.75) is 45.3 Å². The topological polar surface area (TPSA) is 77.2 Å². The first-order valence-electron chi connectivity index (χ1n) is 6.23. The monoisotopic (exact) mass is 253 g/mol. The Kier molecular flexibility index (Phi) is 3.96. The summed E-state index contributed by atoms with van der Waals surface area (Å²) < 4.78 is 6.74. The second-order valence-corrected chi connectivity index (χ2v) is 5.12. The maximum atomic E-state index is 11.0. The number of carbonyl (C=O) groups is 1. The molecule has 0 saturated heterocycles. The first kappa shape index (κ1) is 13.0. The summed E-state index contributed by atoms with van der Waals surface area (Å²) in [7, 11) is 1.61. The highest BCUT2D eigenvalue weighted by atomic mass is 16.5. The number of carboxylic acids is 1. The lowest BCUT2D eigenvalue weighted by molar-refractivity contribution is -0.140. The van der Waals surface area contributed by atoms with E-state index >= 15 is 0 Å². The Hall–Kier alpha value is -1.43. The molecule has 1 saturated carbocycles. The quantitative estimate of drug-likeness (QED) is 0.830. The number of hydrogen-bond donors (Lipinski definition) is 1. The molecule has 0 amide bonds. The largest absolute Gasteiger partial charge is 0.481 e. The maximum absolute atomic E-state index is 11.0. The van der Waals surface area contributed by atoms with E-state index < -0.39 is 5.97 Å². The van der Waals surface area contributed by atoms with Crippen molar-refractivity contribution in [1.29, 1.82) is 0 Å². The second kappa shape index (κ2) is 5.48. The average Bonchev–Trinajstić information content (AvgIpc) is 2.89. The van der Waals surface area contributed by atoms with E-state index in [4.69, 9.17) is 9.84 Å². The van der Waals surface area contributed by atoms with Crippen molar-refractivity contribution in [3.05, 3.63) is 11.9 Å². The standard InChI is InChI=1S/C12H19N3O3/c1-18-8-10-7-15(14-13-10)9-12(6-11(16)17)4-2-3-5-12/h7H,2-6,8-9H2,1H3,(H,16,17). The lowest BCUT2D eigenvalue weighted by atomic mass is 9.82. The minimum absolute atomic E-state index is 0.149. The van der Waals surface area contributed by atoms with Crippen molar-refractivity contribution < 1.29 is 14.6 Å². The van der Waals surface area contributed by atoms with Gasteiger partial charge in [0, 0.05) is 19.1 Å². The third-order valence-corrected chi connectivity index (χ3v) is 3.57. The highest BCUT2D eigenvalue weighted by molar-refractivity contribution is 5.67. The van der Waals surface area contributed by atoms with E-state index in [1.807, 2.05) is 6.20 Å². The van der Waals surface area contributed by atoms with Crippen LogP contribution in [0.25, 0.3) is 0 Å². The molecule has 1 heterocycles. The van der Waals surface area contributed by atoms with Gasteiger partial charge in [0.1, 0.15) is 5.69 Å². The fourth-order valence-corrected chi connectivity index (χ4v) is 2.81. The van der Waals surface area contributed by atoms with Gasteiger partial charge in [0.15, 0.2) is 0 Å². The molecule has 1 fully saturated rings. The van der Waals surface area contributed by atoms with Crippen molar-refractivity contribution in [2.75, 3.05) is 7.11 Å². The van der Waals surface area contributed by atoms with Gasteiger partial charge in [-0.1, -0.05) is 18.1 Å². The molecule has 100 valence electrons. The van der Waals surface area contributed by atoms with Crippen LogP contribution in [0.15, 0.2) is 6.20 Å². The Bertz CT molecular complexity index is 410. The van der Waals surface area contributed by atoms with E-state index in [-0.39, 0.29) is 11.8 Å². The third kappa shape index (κ3) is 3.07. The van der Waals surface area contributed by atoms with E-state index in [1.54, 1.807) is 11.8 Å². The van der Waals surface area contributed by atoms with Crippen LogP contribution in [0.2, 0.25) is 0 Å². The van der Waals surface area contributed by atoms with Crippen molar-refractivity contribution in [2.24, 2.45) is 5.41 Å². The van der Waals surface area contributed by atoms with Crippen LogP contribution in [-0.4, -0.2) is 33.2 Å². The number of aromatic nitrogens is 3. The molecule has 1 aliphatic carbocycles. The molecule has 0 aromatic carbocycles. The predicted molar refractivity (Wildman–Crippen MR) is 63.9 cm³/mol. The van der Waals surface area contributed by atoms with Crippen LogP contribution in [0.5, 0.6) is 0 Å². The summed E-state index contributed by atoms with van der Waals surface area (Å²) in [5.74, 6) is -0.728. The molecule has 6 nitrogen and oxygen atoms in total. The van der Waals surface area contributed by atoms with Gasteiger partial charge >= 0.3 is 5.97 Å². The molecule has 1 aromatic heterocycles. The number of aliphatic carboxylic acids is 1.